The molecule has 2 aliphatic rings. The summed E-state index contributed by atoms with van der Waals surface area (Å²) in [5.41, 5.74) is -1.08. The molecule has 3 amide bonds. The van der Waals surface area contributed by atoms with E-state index in [9.17, 15) is 42.3 Å². The molecule has 0 aromatic carbocycles. The first-order valence-corrected chi connectivity index (χ1v) is 13.7. The van der Waals surface area contributed by atoms with Crippen LogP contribution in [0.1, 0.15) is 5.69 Å². The number of halogens is 3. The summed E-state index contributed by atoms with van der Waals surface area (Å²) in [6.45, 7) is -2.36. The van der Waals surface area contributed by atoms with Crippen LogP contribution in [0.2, 0.25) is 0 Å². The third-order valence-corrected chi connectivity index (χ3v) is 7.88. The van der Waals surface area contributed by atoms with Crippen LogP contribution in [-0.2, 0) is 35.4 Å². The Labute approximate surface area is 245 Å². The first-order valence-electron chi connectivity index (χ1n) is 11.7. The van der Waals surface area contributed by atoms with Gasteiger partial charge in [0.15, 0.2) is 5.71 Å². The number of hydrogen-bond acceptors (Lipinski definition) is 13. The zero-order valence-corrected chi connectivity index (χ0v) is 22.9. The van der Waals surface area contributed by atoms with Crippen LogP contribution in [0, 0.1) is 0 Å². The standard InChI is InChI=1S/C21H18F3N9O8S2/c22-21(23,24)7-41-29-13(10-2-1-3-11(26-10)25-8-34)16(37)27-14-17(38)33-15(19(39)40)9(5-42-18(14)33)6-43-20-28-30-31-32(20)4-12(35)36/h1-3,8,14,18H,4-7H2,(H,27,37)(H,35,36)(H,39,40)(H,25,26,34)/t14?,18-/m1/s1. The van der Waals surface area contributed by atoms with Gasteiger partial charge in [-0.25, -0.2) is 14.5 Å². The molecule has 17 nitrogen and oxygen atoms in total. The van der Waals surface area contributed by atoms with Gasteiger partial charge in [-0.05, 0) is 28.1 Å². The molecule has 0 saturated carbocycles. The molecule has 1 unspecified atom stereocenters. The zero-order valence-electron chi connectivity index (χ0n) is 21.2. The van der Waals surface area contributed by atoms with Gasteiger partial charge in [0.25, 0.3) is 11.8 Å². The van der Waals surface area contributed by atoms with Crippen LogP contribution in [-0.4, -0.2) is 112 Å². The van der Waals surface area contributed by atoms with Gasteiger partial charge in [0.2, 0.25) is 18.2 Å². The van der Waals surface area contributed by atoms with Gasteiger partial charge in [-0.2, -0.15) is 13.2 Å². The number of amides is 3. The minimum Gasteiger partial charge on any atom is -0.480 e. The molecule has 4 rings (SSSR count). The molecular formula is C21H18F3N9O8S2. The summed E-state index contributed by atoms with van der Waals surface area (Å²) >= 11 is 2.06. The van der Waals surface area contributed by atoms with Crippen LogP contribution < -0.4 is 10.6 Å². The van der Waals surface area contributed by atoms with Crippen LogP contribution in [0.5, 0.6) is 0 Å². The molecule has 1 saturated heterocycles. The van der Waals surface area contributed by atoms with E-state index >= 15 is 0 Å². The second-order valence-corrected chi connectivity index (χ2v) is 10.5. The number of nitrogens with zero attached hydrogens (tertiary/aromatic N) is 7. The summed E-state index contributed by atoms with van der Waals surface area (Å²) in [6.07, 6.45) is -4.50. The lowest BCUT2D eigenvalue weighted by molar-refractivity contribution is -0.174. The first kappa shape index (κ1) is 31.2. The highest BCUT2D eigenvalue weighted by molar-refractivity contribution is 8.01. The second-order valence-electron chi connectivity index (χ2n) is 8.42. The van der Waals surface area contributed by atoms with Gasteiger partial charge < -0.3 is 25.7 Å². The van der Waals surface area contributed by atoms with E-state index in [4.69, 9.17) is 5.11 Å². The molecule has 1 fully saturated rings. The number of pyridine rings is 1. The number of tetrazole rings is 1. The van der Waals surface area contributed by atoms with Gasteiger partial charge in [-0.3, -0.25) is 24.1 Å². The van der Waals surface area contributed by atoms with Crippen LogP contribution in [0.25, 0.3) is 0 Å². The molecule has 22 heteroatoms. The van der Waals surface area contributed by atoms with Crippen molar-refractivity contribution in [3.63, 3.8) is 0 Å². The van der Waals surface area contributed by atoms with Gasteiger partial charge in [0.05, 0.1) is 0 Å². The number of hydrogen-bond donors (Lipinski definition) is 4. The normalized spacial score (nSPS) is 18.4. The van der Waals surface area contributed by atoms with Crippen LogP contribution >= 0.6 is 23.5 Å². The van der Waals surface area contributed by atoms with E-state index in [1.54, 1.807) is 0 Å². The lowest BCUT2D eigenvalue weighted by Gasteiger charge is -2.49. The van der Waals surface area contributed by atoms with Crippen LogP contribution in [0.15, 0.2) is 39.8 Å². The predicted octanol–water partition coefficient (Wildman–Crippen LogP) is -0.465. The molecule has 4 N–H and O–H groups in total. The fraction of sp³-hybridized carbons (Fsp3) is 0.333. The molecule has 2 aliphatic heterocycles. The molecule has 4 heterocycles. The van der Waals surface area contributed by atoms with Crippen molar-refractivity contribution in [3.05, 3.63) is 35.2 Å². The number of carboxylic acid groups (broad SMARTS) is 2. The number of fused-ring (bicyclic) bond motifs is 1. The Balaban J connectivity index is 1.51. The van der Waals surface area contributed by atoms with E-state index < -0.39 is 60.2 Å². The molecule has 0 spiro atoms. The SMILES string of the molecule is O=CNc1cccc(C(=NOCC(F)(F)F)C(=O)NC2C(=O)N3C(C(=O)O)=C(CSc4nnnn4CC(=O)O)CS[C@H]23)n1. The minimum atomic E-state index is -4.78. The molecular weight excluding hydrogens is 627 g/mol. The van der Waals surface area contributed by atoms with Crippen molar-refractivity contribution in [2.45, 2.75) is 29.3 Å². The van der Waals surface area contributed by atoms with Crippen molar-refractivity contribution in [3.8, 4) is 0 Å². The number of carbonyl (C=O) groups excluding carboxylic acids is 3. The maximum Gasteiger partial charge on any atom is 0.425 e. The Hall–Kier alpha value is -4.73. The maximum absolute atomic E-state index is 13.1. The lowest BCUT2D eigenvalue weighted by Crippen LogP contribution is -2.71. The van der Waals surface area contributed by atoms with Crippen molar-refractivity contribution >= 4 is 65.2 Å². The van der Waals surface area contributed by atoms with Crippen molar-refractivity contribution < 1.29 is 52.2 Å². The highest BCUT2D eigenvalue weighted by atomic mass is 32.2. The summed E-state index contributed by atoms with van der Waals surface area (Å²) in [7, 11) is 0. The first-order chi connectivity index (χ1) is 20.4. The van der Waals surface area contributed by atoms with E-state index in [0.717, 1.165) is 33.1 Å². The van der Waals surface area contributed by atoms with Gasteiger partial charge in [-0.1, -0.05) is 23.0 Å². The number of β-lactam (4-membered cyclic amide) rings is 1. The molecule has 0 radical (unpaired) electrons. The molecule has 228 valence electrons. The number of alkyl halides is 3. The quantitative estimate of drug-likeness (QED) is 0.0710. The largest absolute Gasteiger partial charge is 0.480 e. The molecule has 2 aromatic rings. The number of thioether (sulfide) groups is 2. The van der Waals surface area contributed by atoms with E-state index in [-0.39, 0.29) is 40.3 Å². The summed E-state index contributed by atoms with van der Waals surface area (Å²) in [6, 6.07) is 2.58. The predicted molar refractivity (Wildman–Crippen MR) is 138 cm³/mol. The van der Waals surface area contributed by atoms with Gasteiger partial charge in [0, 0.05) is 11.5 Å². The average Bonchev–Trinajstić information content (AvgIpc) is 3.37. The number of aromatic nitrogens is 5. The van der Waals surface area contributed by atoms with Crippen molar-refractivity contribution in [2.75, 3.05) is 23.4 Å². The third-order valence-electron chi connectivity index (χ3n) is 5.49. The van der Waals surface area contributed by atoms with Crippen molar-refractivity contribution in [2.24, 2.45) is 5.16 Å². The van der Waals surface area contributed by atoms with Crippen molar-refractivity contribution in [1.29, 1.82) is 0 Å². The van der Waals surface area contributed by atoms with E-state index in [1.807, 2.05) is 0 Å². The molecule has 43 heavy (non-hydrogen) atoms. The van der Waals surface area contributed by atoms with Gasteiger partial charge in [0.1, 0.15) is 35.2 Å². The summed E-state index contributed by atoms with van der Waals surface area (Å²) in [4.78, 5) is 69.2. The smallest absolute Gasteiger partial charge is 0.425 e. The average molecular weight is 646 g/mol. The highest BCUT2D eigenvalue weighted by Crippen LogP contribution is 2.41. The minimum absolute atomic E-state index is 0.00760. The molecule has 2 atom stereocenters. The maximum atomic E-state index is 13.1. The monoisotopic (exact) mass is 645 g/mol. The number of anilines is 1. The second kappa shape index (κ2) is 13.1. The van der Waals surface area contributed by atoms with E-state index in [0.29, 0.717) is 5.57 Å². The van der Waals surface area contributed by atoms with E-state index in [1.165, 1.54) is 18.2 Å². The number of carboxylic acids is 2. The number of nitrogens with one attached hydrogen (secondary N) is 2. The zero-order chi connectivity index (χ0) is 31.3. The highest BCUT2D eigenvalue weighted by Gasteiger charge is 2.54. The fourth-order valence-electron chi connectivity index (χ4n) is 3.76. The fourth-order valence-corrected chi connectivity index (χ4v) is 6.13. The number of oxime groups is 1. The third kappa shape index (κ3) is 7.38. The molecule has 0 bridgehead atoms. The van der Waals surface area contributed by atoms with Crippen LogP contribution in [0.4, 0.5) is 19.0 Å². The Morgan fingerprint density at radius 1 is 1.28 bits per heavy atom. The molecule has 2 aromatic heterocycles. The van der Waals surface area contributed by atoms with Crippen LogP contribution in [0.3, 0.4) is 0 Å². The summed E-state index contributed by atoms with van der Waals surface area (Å²) in [5.74, 6) is -4.58. The topological polar surface area (TPSA) is 231 Å². The summed E-state index contributed by atoms with van der Waals surface area (Å²) < 4.78 is 38.9. The Morgan fingerprint density at radius 2 is 2.05 bits per heavy atom. The number of carbonyl (C=O) groups is 5. The summed E-state index contributed by atoms with van der Waals surface area (Å²) in [5, 5.41) is 36.5. The Kier molecular flexibility index (Phi) is 9.48. The van der Waals surface area contributed by atoms with Crippen molar-refractivity contribution in [1.82, 2.24) is 35.4 Å². The lowest BCUT2D eigenvalue weighted by atomic mass is 10.0. The number of aliphatic carboxylic acids is 2. The number of rotatable bonds is 13. The van der Waals surface area contributed by atoms with Gasteiger partial charge >= 0.3 is 18.1 Å². The Morgan fingerprint density at radius 3 is 2.72 bits per heavy atom. The van der Waals surface area contributed by atoms with E-state index in [2.05, 4.69) is 41.1 Å². The van der Waals surface area contributed by atoms with Gasteiger partial charge in [-0.15, -0.1) is 16.9 Å². The Bertz CT molecular complexity index is 1520. The molecule has 0 aliphatic carbocycles.